The summed E-state index contributed by atoms with van der Waals surface area (Å²) in [5, 5.41) is 15.5. The first kappa shape index (κ1) is 16.9. The predicted octanol–water partition coefficient (Wildman–Crippen LogP) is 1.25. The number of non-ortho nitro benzene ring substituents is 1. The van der Waals surface area contributed by atoms with Gasteiger partial charge in [-0.25, -0.2) is 0 Å². The van der Waals surface area contributed by atoms with E-state index in [1.807, 2.05) is 0 Å². The van der Waals surface area contributed by atoms with E-state index in [2.05, 4.69) is 15.6 Å². The molecule has 0 bridgehead atoms. The third-order valence-corrected chi connectivity index (χ3v) is 3.02. The number of nitro benzene ring substituents is 1. The highest BCUT2D eigenvalue weighted by atomic mass is 16.6. The molecule has 1 heterocycles. The largest absolute Gasteiger partial charge is 0.495 e. The lowest BCUT2D eigenvalue weighted by atomic mass is 10.2. The van der Waals surface area contributed by atoms with E-state index in [1.165, 1.54) is 19.2 Å². The maximum atomic E-state index is 11.9. The van der Waals surface area contributed by atoms with Crippen molar-refractivity contribution in [1.82, 2.24) is 10.3 Å². The molecule has 0 atom stereocenters. The molecule has 2 rings (SSSR count). The lowest BCUT2D eigenvalue weighted by molar-refractivity contribution is -0.384. The van der Waals surface area contributed by atoms with Crippen LogP contribution in [-0.4, -0.2) is 28.8 Å². The van der Waals surface area contributed by atoms with Gasteiger partial charge in [-0.1, -0.05) is 6.07 Å². The highest BCUT2D eigenvalue weighted by Crippen LogP contribution is 2.28. The first-order valence-corrected chi connectivity index (χ1v) is 6.81. The second-order valence-corrected chi connectivity index (χ2v) is 4.64. The minimum Gasteiger partial charge on any atom is -0.495 e. The number of rotatable bonds is 5. The summed E-state index contributed by atoms with van der Waals surface area (Å²) in [6, 6.07) is 7.13. The highest BCUT2D eigenvalue weighted by molar-refractivity contribution is 6.39. The standard InChI is InChI=1S/C15H14N4O5/c1-24-13-5-4-11(19(22)23)7-12(13)18-15(21)14(20)17-9-10-3-2-6-16-8-10/h2-8H,9H2,1H3,(H,17,20)(H,18,21). The molecule has 0 spiro atoms. The number of nitrogens with one attached hydrogen (secondary N) is 2. The van der Waals surface area contributed by atoms with Crippen molar-refractivity contribution in [2.45, 2.75) is 6.54 Å². The lowest BCUT2D eigenvalue weighted by Crippen LogP contribution is -2.35. The van der Waals surface area contributed by atoms with E-state index in [4.69, 9.17) is 4.74 Å². The molecule has 0 unspecified atom stereocenters. The van der Waals surface area contributed by atoms with Gasteiger partial charge in [0.2, 0.25) is 0 Å². The number of hydrogen-bond acceptors (Lipinski definition) is 6. The Bertz CT molecular complexity index is 764. The molecule has 24 heavy (non-hydrogen) atoms. The summed E-state index contributed by atoms with van der Waals surface area (Å²) in [5.41, 5.74) is 0.529. The quantitative estimate of drug-likeness (QED) is 0.483. The molecule has 9 heteroatoms. The van der Waals surface area contributed by atoms with E-state index in [1.54, 1.807) is 24.5 Å². The first-order chi connectivity index (χ1) is 11.5. The fourth-order valence-corrected chi connectivity index (χ4v) is 1.85. The van der Waals surface area contributed by atoms with Gasteiger partial charge in [0.05, 0.1) is 17.7 Å². The SMILES string of the molecule is COc1ccc([N+](=O)[O-])cc1NC(=O)C(=O)NCc1cccnc1. The van der Waals surface area contributed by atoms with Crippen LogP contribution in [-0.2, 0) is 16.1 Å². The van der Waals surface area contributed by atoms with Crippen LogP contribution < -0.4 is 15.4 Å². The molecule has 0 saturated heterocycles. The number of hydrogen-bond donors (Lipinski definition) is 2. The minimum absolute atomic E-state index is 0.0354. The average Bonchev–Trinajstić information content (AvgIpc) is 2.60. The van der Waals surface area contributed by atoms with Crippen molar-refractivity contribution in [2.75, 3.05) is 12.4 Å². The molecule has 9 nitrogen and oxygen atoms in total. The van der Waals surface area contributed by atoms with E-state index in [0.29, 0.717) is 0 Å². The van der Waals surface area contributed by atoms with Crippen LogP contribution in [0.1, 0.15) is 5.56 Å². The molecule has 0 fully saturated rings. The molecule has 2 N–H and O–H groups in total. The number of benzene rings is 1. The zero-order valence-electron chi connectivity index (χ0n) is 12.7. The van der Waals surface area contributed by atoms with E-state index < -0.39 is 16.7 Å². The number of methoxy groups -OCH3 is 1. The van der Waals surface area contributed by atoms with Gasteiger partial charge in [-0.2, -0.15) is 0 Å². The van der Waals surface area contributed by atoms with Gasteiger partial charge in [0.25, 0.3) is 5.69 Å². The van der Waals surface area contributed by atoms with Crippen molar-refractivity contribution in [2.24, 2.45) is 0 Å². The average molecular weight is 330 g/mol. The summed E-state index contributed by atoms with van der Waals surface area (Å²) in [6.07, 6.45) is 3.15. The zero-order valence-corrected chi connectivity index (χ0v) is 12.7. The van der Waals surface area contributed by atoms with Gasteiger partial charge in [-0.05, 0) is 17.7 Å². The van der Waals surface area contributed by atoms with Gasteiger partial charge in [-0.3, -0.25) is 24.7 Å². The smallest absolute Gasteiger partial charge is 0.313 e. The van der Waals surface area contributed by atoms with Gasteiger partial charge in [0, 0.05) is 31.1 Å². The Morgan fingerprint density at radius 2 is 2.08 bits per heavy atom. The fraction of sp³-hybridized carbons (Fsp3) is 0.133. The van der Waals surface area contributed by atoms with Gasteiger partial charge in [0.15, 0.2) is 0 Å². The monoisotopic (exact) mass is 330 g/mol. The minimum atomic E-state index is -0.960. The van der Waals surface area contributed by atoms with Crippen molar-refractivity contribution in [1.29, 1.82) is 0 Å². The van der Waals surface area contributed by atoms with Crippen molar-refractivity contribution in [3.63, 3.8) is 0 Å². The van der Waals surface area contributed by atoms with Crippen molar-refractivity contribution >= 4 is 23.2 Å². The molecule has 0 aliphatic heterocycles. The normalized spacial score (nSPS) is 9.88. The number of pyridine rings is 1. The highest BCUT2D eigenvalue weighted by Gasteiger charge is 2.18. The van der Waals surface area contributed by atoms with Gasteiger partial charge >= 0.3 is 11.8 Å². The van der Waals surface area contributed by atoms with Gasteiger partial charge in [-0.15, -0.1) is 0 Å². The zero-order chi connectivity index (χ0) is 17.5. The molecule has 0 radical (unpaired) electrons. The third-order valence-electron chi connectivity index (χ3n) is 3.02. The van der Waals surface area contributed by atoms with Crippen molar-refractivity contribution in [3.05, 3.63) is 58.4 Å². The van der Waals surface area contributed by atoms with Crippen LogP contribution in [0.3, 0.4) is 0 Å². The Labute approximate surface area is 136 Å². The second-order valence-electron chi connectivity index (χ2n) is 4.64. The molecule has 0 saturated carbocycles. The summed E-state index contributed by atoms with van der Waals surface area (Å²) >= 11 is 0. The number of amides is 2. The van der Waals surface area contributed by atoms with Crippen LogP contribution in [0.2, 0.25) is 0 Å². The second kappa shape index (κ2) is 7.68. The number of anilines is 1. The van der Waals surface area contributed by atoms with Crippen molar-refractivity contribution in [3.8, 4) is 5.75 Å². The molecule has 2 amide bonds. The molecular weight excluding hydrogens is 316 g/mol. The van der Waals surface area contributed by atoms with Crippen LogP contribution in [0.5, 0.6) is 5.75 Å². The summed E-state index contributed by atoms with van der Waals surface area (Å²) in [6.45, 7) is 0.131. The number of nitro groups is 1. The Morgan fingerprint density at radius 1 is 1.29 bits per heavy atom. The Balaban J connectivity index is 2.04. The number of carbonyl (C=O) groups excluding carboxylic acids is 2. The van der Waals surface area contributed by atoms with Crippen LogP contribution in [0, 0.1) is 10.1 Å². The molecule has 0 aliphatic rings. The molecule has 2 aromatic rings. The molecule has 0 aliphatic carbocycles. The number of carbonyl (C=O) groups is 2. The number of nitrogens with zero attached hydrogens (tertiary/aromatic N) is 2. The summed E-state index contributed by atoms with van der Waals surface area (Å²) in [4.78, 5) is 37.8. The fourth-order valence-electron chi connectivity index (χ4n) is 1.85. The molecule has 124 valence electrons. The number of aromatic nitrogens is 1. The third kappa shape index (κ3) is 4.26. The lowest BCUT2D eigenvalue weighted by Gasteiger charge is -2.10. The van der Waals surface area contributed by atoms with E-state index in [9.17, 15) is 19.7 Å². The molecule has 1 aromatic carbocycles. The summed E-state index contributed by atoms with van der Waals surface area (Å²) < 4.78 is 5.01. The van der Waals surface area contributed by atoms with E-state index >= 15 is 0 Å². The maximum absolute atomic E-state index is 11.9. The Kier molecular flexibility index (Phi) is 5.40. The van der Waals surface area contributed by atoms with Crippen LogP contribution >= 0.6 is 0 Å². The van der Waals surface area contributed by atoms with Crippen LogP contribution in [0.4, 0.5) is 11.4 Å². The topological polar surface area (TPSA) is 123 Å². The maximum Gasteiger partial charge on any atom is 0.313 e. The number of ether oxygens (including phenoxy) is 1. The van der Waals surface area contributed by atoms with Gasteiger partial charge < -0.3 is 15.4 Å². The summed E-state index contributed by atoms with van der Waals surface area (Å²) in [5.74, 6) is -1.64. The van der Waals surface area contributed by atoms with Crippen LogP contribution in [0.15, 0.2) is 42.7 Å². The molecule has 1 aromatic heterocycles. The van der Waals surface area contributed by atoms with E-state index in [0.717, 1.165) is 11.6 Å². The predicted molar refractivity (Wildman–Crippen MR) is 84.4 cm³/mol. The summed E-state index contributed by atoms with van der Waals surface area (Å²) in [7, 11) is 1.35. The van der Waals surface area contributed by atoms with E-state index in [-0.39, 0.29) is 23.7 Å². The molecular formula is C15H14N4O5. The van der Waals surface area contributed by atoms with Crippen LogP contribution in [0.25, 0.3) is 0 Å². The van der Waals surface area contributed by atoms with Gasteiger partial charge in [0.1, 0.15) is 5.75 Å². The van der Waals surface area contributed by atoms with Crippen molar-refractivity contribution < 1.29 is 19.2 Å². The first-order valence-electron chi connectivity index (χ1n) is 6.81. The Hall–Kier alpha value is -3.49. The Morgan fingerprint density at radius 3 is 2.71 bits per heavy atom.